The number of halogens is 1. The molecular weight excluding hydrogens is 300 g/mol. The third-order valence-electron chi connectivity index (χ3n) is 2.40. The van der Waals surface area contributed by atoms with E-state index in [4.69, 9.17) is 0 Å². The smallest absolute Gasteiger partial charge is 0.282 e. The number of hydrogen-bond donors (Lipinski definition) is 1. The van der Waals surface area contributed by atoms with Crippen LogP contribution in [0.15, 0.2) is 24.3 Å². The molecule has 0 aliphatic heterocycles. The molecule has 0 spiro atoms. The number of nitrogens with zero attached hydrogens (tertiary/aromatic N) is 1. The van der Waals surface area contributed by atoms with Crippen LogP contribution in [-0.2, 0) is 0 Å². The van der Waals surface area contributed by atoms with E-state index >= 15 is 0 Å². The molecule has 1 N–H and O–H groups in total. The normalized spacial score (nSPS) is 13.7. The molecule has 0 aliphatic carbocycles. The molecule has 0 radical (unpaired) electrons. The summed E-state index contributed by atoms with van der Waals surface area (Å²) in [5.41, 5.74) is -0.0781. The predicted octanol–water partition coefficient (Wildman–Crippen LogP) is 2.89. The van der Waals surface area contributed by atoms with Gasteiger partial charge < -0.3 is 5.32 Å². The topological polar surface area (TPSA) is 72.2 Å². The number of nitrogens with one attached hydrogen (secondary N) is 1. The van der Waals surface area contributed by atoms with E-state index in [-0.39, 0.29) is 22.1 Å². The zero-order valence-corrected chi connectivity index (χ0v) is 11.8. The van der Waals surface area contributed by atoms with E-state index in [1.54, 1.807) is 12.1 Å². The monoisotopic (exact) mass is 314 g/mol. The first-order valence-electron chi connectivity index (χ1n) is 5.60. The minimum Gasteiger partial charge on any atom is -0.349 e. The highest BCUT2D eigenvalue weighted by atomic mass is 79.9. The van der Waals surface area contributed by atoms with Crippen LogP contribution in [0.2, 0.25) is 0 Å². The molecule has 1 rings (SSSR count). The van der Waals surface area contributed by atoms with Crippen molar-refractivity contribution in [1.29, 1.82) is 0 Å². The second-order valence-electron chi connectivity index (χ2n) is 4.17. The van der Waals surface area contributed by atoms with Crippen molar-refractivity contribution in [2.75, 3.05) is 0 Å². The van der Waals surface area contributed by atoms with Gasteiger partial charge in [0.05, 0.1) is 4.92 Å². The molecule has 0 saturated heterocycles. The lowest BCUT2D eigenvalue weighted by Gasteiger charge is -2.15. The van der Waals surface area contributed by atoms with Crippen LogP contribution in [0.4, 0.5) is 5.69 Å². The number of nitro benzene ring substituents is 1. The second kappa shape index (κ2) is 6.49. The molecule has 2 atom stereocenters. The van der Waals surface area contributed by atoms with Crippen molar-refractivity contribution >= 4 is 27.5 Å². The molecule has 6 heteroatoms. The van der Waals surface area contributed by atoms with Crippen LogP contribution in [0, 0.1) is 10.1 Å². The first-order valence-corrected chi connectivity index (χ1v) is 6.51. The van der Waals surface area contributed by atoms with Gasteiger partial charge in [-0.2, -0.15) is 0 Å². The Morgan fingerprint density at radius 1 is 1.44 bits per heavy atom. The van der Waals surface area contributed by atoms with Gasteiger partial charge in [0.25, 0.3) is 11.6 Å². The van der Waals surface area contributed by atoms with Gasteiger partial charge in [0, 0.05) is 16.9 Å². The van der Waals surface area contributed by atoms with E-state index in [2.05, 4.69) is 21.2 Å². The highest BCUT2D eigenvalue weighted by Crippen LogP contribution is 2.18. The Morgan fingerprint density at radius 3 is 2.61 bits per heavy atom. The van der Waals surface area contributed by atoms with E-state index in [0.717, 1.165) is 6.42 Å². The minimum absolute atomic E-state index is 0.0494. The summed E-state index contributed by atoms with van der Waals surface area (Å²) < 4.78 is 0. The summed E-state index contributed by atoms with van der Waals surface area (Å²) in [6.07, 6.45) is 0.756. The first kappa shape index (κ1) is 14.6. The average Bonchev–Trinajstić information content (AvgIpc) is 2.27. The Kier molecular flexibility index (Phi) is 5.27. The van der Waals surface area contributed by atoms with Crippen LogP contribution >= 0.6 is 15.9 Å². The van der Waals surface area contributed by atoms with Gasteiger partial charge in [-0.1, -0.05) is 35.0 Å². The summed E-state index contributed by atoms with van der Waals surface area (Å²) in [6, 6.07) is 5.88. The van der Waals surface area contributed by atoms with Crippen molar-refractivity contribution in [1.82, 2.24) is 5.32 Å². The zero-order valence-electron chi connectivity index (χ0n) is 10.2. The molecule has 98 valence electrons. The van der Waals surface area contributed by atoms with Gasteiger partial charge in [-0.15, -0.1) is 0 Å². The molecule has 1 aromatic rings. The Hall–Kier alpha value is -1.43. The van der Waals surface area contributed by atoms with Gasteiger partial charge in [0.2, 0.25) is 0 Å². The largest absolute Gasteiger partial charge is 0.349 e. The first-order chi connectivity index (χ1) is 8.41. The lowest BCUT2D eigenvalue weighted by molar-refractivity contribution is -0.385. The fraction of sp³-hybridized carbons (Fsp3) is 0.417. The van der Waals surface area contributed by atoms with Crippen molar-refractivity contribution < 1.29 is 9.72 Å². The van der Waals surface area contributed by atoms with Crippen molar-refractivity contribution in [3.8, 4) is 0 Å². The van der Waals surface area contributed by atoms with Crippen LogP contribution in [0.5, 0.6) is 0 Å². The number of rotatable bonds is 5. The molecule has 0 aromatic heterocycles. The van der Waals surface area contributed by atoms with Crippen molar-refractivity contribution in [2.24, 2.45) is 0 Å². The maximum atomic E-state index is 11.9. The van der Waals surface area contributed by atoms with Gasteiger partial charge in [-0.25, -0.2) is 0 Å². The summed E-state index contributed by atoms with van der Waals surface area (Å²) >= 11 is 3.40. The number of benzene rings is 1. The van der Waals surface area contributed by atoms with E-state index in [1.807, 2.05) is 13.8 Å². The third kappa shape index (κ3) is 4.10. The van der Waals surface area contributed by atoms with Gasteiger partial charge in [0.1, 0.15) is 5.56 Å². The molecular formula is C12H15BrN2O3. The molecule has 5 nitrogen and oxygen atoms in total. The number of amides is 1. The maximum absolute atomic E-state index is 11.9. The van der Waals surface area contributed by atoms with Crippen LogP contribution in [0.1, 0.15) is 30.6 Å². The Bertz CT molecular complexity index is 449. The average molecular weight is 315 g/mol. The van der Waals surface area contributed by atoms with Crippen molar-refractivity contribution in [2.45, 2.75) is 31.1 Å². The molecule has 1 amide bonds. The van der Waals surface area contributed by atoms with E-state index in [9.17, 15) is 14.9 Å². The van der Waals surface area contributed by atoms with Gasteiger partial charge in [-0.3, -0.25) is 14.9 Å². The van der Waals surface area contributed by atoms with Crippen LogP contribution in [-0.4, -0.2) is 21.7 Å². The van der Waals surface area contributed by atoms with Crippen LogP contribution < -0.4 is 5.32 Å². The molecule has 2 unspecified atom stereocenters. The number of hydrogen-bond acceptors (Lipinski definition) is 3. The molecule has 1 aromatic carbocycles. The fourth-order valence-electron chi connectivity index (χ4n) is 1.67. The Morgan fingerprint density at radius 2 is 2.06 bits per heavy atom. The van der Waals surface area contributed by atoms with Crippen molar-refractivity contribution in [3.63, 3.8) is 0 Å². The van der Waals surface area contributed by atoms with Gasteiger partial charge in [-0.05, 0) is 19.4 Å². The lowest BCUT2D eigenvalue weighted by Crippen LogP contribution is -2.34. The SMILES string of the molecule is CC(Br)CC(C)NC(=O)c1ccccc1[N+](=O)[O-]. The summed E-state index contributed by atoms with van der Waals surface area (Å²) in [5, 5.41) is 13.6. The lowest BCUT2D eigenvalue weighted by atomic mass is 10.1. The van der Waals surface area contributed by atoms with Gasteiger partial charge in [0.15, 0.2) is 0 Å². The van der Waals surface area contributed by atoms with E-state index in [1.165, 1.54) is 12.1 Å². The summed E-state index contributed by atoms with van der Waals surface area (Å²) in [7, 11) is 0. The predicted molar refractivity (Wildman–Crippen MR) is 73.0 cm³/mol. The fourth-order valence-corrected chi connectivity index (χ4v) is 2.23. The number of carbonyl (C=O) groups excluding carboxylic acids is 1. The third-order valence-corrected chi connectivity index (χ3v) is 2.78. The molecule has 0 bridgehead atoms. The minimum atomic E-state index is -0.549. The number of alkyl halides is 1. The highest BCUT2D eigenvalue weighted by Gasteiger charge is 2.20. The highest BCUT2D eigenvalue weighted by molar-refractivity contribution is 9.09. The van der Waals surface area contributed by atoms with Crippen LogP contribution in [0.25, 0.3) is 0 Å². The van der Waals surface area contributed by atoms with Crippen LogP contribution in [0.3, 0.4) is 0 Å². The number of nitro groups is 1. The van der Waals surface area contributed by atoms with E-state index < -0.39 is 10.8 Å². The van der Waals surface area contributed by atoms with E-state index in [0.29, 0.717) is 0 Å². The molecule has 18 heavy (non-hydrogen) atoms. The van der Waals surface area contributed by atoms with Gasteiger partial charge >= 0.3 is 0 Å². The Balaban J connectivity index is 2.81. The molecule has 0 saturated carbocycles. The summed E-state index contributed by atoms with van der Waals surface area (Å²) in [6.45, 7) is 3.85. The van der Waals surface area contributed by atoms with Crippen molar-refractivity contribution in [3.05, 3.63) is 39.9 Å². The Labute approximate surface area is 114 Å². The standard InChI is InChI=1S/C12H15BrN2O3/c1-8(13)7-9(2)14-12(16)10-5-3-4-6-11(10)15(17)18/h3-6,8-9H,7H2,1-2H3,(H,14,16). The second-order valence-corrected chi connectivity index (χ2v) is 5.73. The number of carbonyl (C=O) groups is 1. The molecule has 0 heterocycles. The zero-order chi connectivity index (χ0) is 13.7. The molecule has 0 aliphatic rings. The quantitative estimate of drug-likeness (QED) is 0.516. The maximum Gasteiger partial charge on any atom is 0.282 e. The summed E-state index contributed by atoms with van der Waals surface area (Å²) in [5.74, 6) is -0.414. The molecule has 0 fully saturated rings. The summed E-state index contributed by atoms with van der Waals surface area (Å²) in [4.78, 5) is 22.5. The number of para-hydroxylation sites is 1.